The van der Waals surface area contributed by atoms with Crippen LogP contribution < -0.4 is 0 Å². The first-order chi connectivity index (χ1) is 13.7. The Labute approximate surface area is 169 Å². The van der Waals surface area contributed by atoms with Crippen molar-refractivity contribution in [3.8, 4) is 0 Å². The smallest absolute Gasteiger partial charge is 0.252 e. The molecular weight excluding hydrogens is 346 g/mol. The number of ether oxygens (including phenoxy) is 1. The maximum Gasteiger partial charge on any atom is 0.252 e. The minimum absolute atomic E-state index is 0.109. The Morgan fingerprint density at radius 2 is 1.75 bits per heavy atom. The summed E-state index contributed by atoms with van der Waals surface area (Å²) in [6.07, 6.45) is 6.30. The van der Waals surface area contributed by atoms with E-state index >= 15 is 0 Å². The van der Waals surface area contributed by atoms with E-state index < -0.39 is 0 Å². The molecule has 0 aliphatic carbocycles. The Bertz CT molecular complexity index is 759. The second-order valence-electron chi connectivity index (χ2n) is 7.72. The number of hydrogen-bond acceptors (Lipinski definition) is 2. The van der Waals surface area contributed by atoms with E-state index in [0.29, 0.717) is 13.2 Å². The zero-order valence-corrected chi connectivity index (χ0v) is 16.8. The van der Waals surface area contributed by atoms with Crippen LogP contribution >= 0.6 is 0 Å². The number of carbonyl (C=O) groups excluding carboxylic acids is 1. The van der Waals surface area contributed by atoms with Crippen molar-refractivity contribution < 1.29 is 9.53 Å². The summed E-state index contributed by atoms with van der Waals surface area (Å²) in [4.78, 5) is 15.4. The quantitative estimate of drug-likeness (QED) is 0.511. The molecule has 1 fully saturated rings. The van der Waals surface area contributed by atoms with Gasteiger partial charge in [0.2, 0.25) is 0 Å². The van der Waals surface area contributed by atoms with Crippen molar-refractivity contribution in [1.82, 2.24) is 4.90 Å². The van der Waals surface area contributed by atoms with Gasteiger partial charge in [-0.25, -0.2) is 0 Å². The number of benzene rings is 2. The number of amides is 1. The molecule has 1 heterocycles. The van der Waals surface area contributed by atoms with E-state index in [-0.39, 0.29) is 17.6 Å². The van der Waals surface area contributed by atoms with Gasteiger partial charge in [0, 0.05) is 18.5 Å². The zero-order chi connectivity index (χ0) is 19.8. The maximum atomic E-state index is 13.4. The fourth-order valence-electron chi connectivity index (χ4n) is 4.17. The molecule has 1 aliphatic rings. The minimum Gasteiger partial charge on any atom is -0.364 e. The summed E-state index contributed by atoms with van der Waals surface area (Å²) in [5.74, 6) is 0.109. The van der Waals surface area contributed by atoms with E-state index in [1.54, 1.807) is 0 Å². The van der Waals surface area contributed by atoms with Gasteiger partial charge in [-0.15, -0.1) is 6.58 Å². The highest BCUT2D eigenvalue weighted by Gasteiger charge is 2.50. The molecule has 1 amide bonds. The van der Waals surface area contributed by atoms with Crippen LogP contribution in [0.4, 0.5) is 0 Å². The zero-order valence-electron chi connectivity index (χ0n) is 16.8. The van der Waals surface area contributed by atoms with Gasteiger partial charge in [-0.1, -0.05) is 86.5 Å². The van der Waals surface area contributed by atoms with Gasteiger partial charge in [0.05, 0.1) is 6.61 Å². The van der Waals surface area contributed by atoms with E-state index in [1.807, 2.05) is 54.6 Å². The number of hydrogen-bond donors (Lipinski definition) is 0. The number of unbranched alkanes of at least 4 members (excludes halogenated alkanes) is 1. The van der Waals surface area contributed by atoms with Gasteiger partial charge in [0.25, 0.3) is 5.91 Å². The molecule has 0 bridgehead atoms. The first kappa shape index (κ1) is 20.3. The molecule has 0 unspecified atom stereocenters. The summed E-state index contributed by atoms with van der Waals surface area (Å²) in [5, 5.41) is 0. The number of carbonyl (C=O) groups is 1. The summed E-state index contributed by atoms with van der Waals surface area (Å²) in [5.41, 5.74) is 2.05. The third-order valence-corrected chi connectivity index (χ3v) is 5.68. The highest BCUT2D eigenvalue weighted by molar-refractivity contribution is 5.84. The Morgan fingerprint density at radius 1 is 1.11 bits per heavy atom. The van der Waals surface area contributed by atoms with Gasteiger partial charge in [-0.3, -0.25) is 4.79 Å². The molecule has 3 heteroatoms. The lowest BCUT2D eigenvalue weighted by atomic mass is 9.85. The second kappa shape index (κ2) is 9.70. The van der Waals surface area contributed by atoms with Gasteiger partial charge in [0.1, 0.15) is 6.10 Å². The maximum absolute atomic E-state index is 13.4. The van der Waals surface area contributed by atoms with Gasteiger partial charge in [-0.2, -0.15) is 0 Å². The van der Waals surface area contributed by atoms with E-state index in [4.69, 9.17) is 4.74 Å². The van der Waals surface area contributed by atoms with Crippen molar-refractivity contribution in [3.63, 3.8) is 0 Å². The van der Waals surface area contributed by atoms with E-state index in [2.05, 4.69) is 30.5 Å². The molecule has 28 heavy (non-hydrogen) atoms. The standard InChI is InChI=1S/C25H31NO2/c1-3-5-17-25(16-4-2)18-23(28-20-22-14-10-7-11-15-22)24(27)26(25)19-21-12-8-6-9-13-21/h4,6-15,23H,2-3,5,16-20H2,1H3/t23-,25-/m0/s1. The van der Waals surface area contributed by atoms with Crippen LogP contribution in [0.15, 0.2) is 73.3 Å². The number of nitrogens with zero attached hydrogens (tertiary/aromatic N) is 1. The third kappa shape index (κ3) is 4.71. The van der Waals surface area contributed by atoms with Crippen LogP contribution in [0.1, 0.15) is 50.2 Å². The van der Waals surface area contributed by atoms with Crippen molar-refractivity contribution in [1.29, 1.82) is 0 Å². The van der Waals surface area contributed by atoms with Crippen LogP contribution in [0.5, 0.6) is 0 Å². The fraction of sp³-hybridized carbons (Fsp3) is 0.400. The van der Waals surface area contributed by atoms with Crippen LogP contribution in [-0.4, -0.2) is 22.4 Å². The summed E-state index contributed by atoms with van der Waals surface area (Å²) in [7, 11) is 0. The summed E-state index contributed by atoms with van der Waals surface area (Å²) >= 11 is 0. The van der Waals surface area contributed by atoms with Crippen molar-refractivity contribution in [2.24, 2.45) is 0 Å². The predicted octanol–water partition coefficient (Wildman–Crippen LogP) is 5.51. The molecular formula is C25H31NO2. The molecule has 3 rings (SSSR count). The van der Waals surface area contributed by atoms with Crippen molar-refractivity contribution in [2.45, 2.75) is 63.8 Å². The van der Waals surface area contributed by atoms with Gasteiger partial charge in [-0.05, 0) is 24.0 Å². The van der Waals surface area contributed by atoms with E-state index in [0.717, 1.165) is 43.2 Å². The van der Waals surface area contributed by atoms with Crippen LogP contribution in [0.25, 0.3) is 0 Å². The topological polar surface area (TPSA) is 29.5 Å². The molecule has 0 radical (unpaired) electrons. The Kier molecular flexibility index (Phi) is 7.05. The fourth-order valence-corrected chi connectivity index (χ4v) is 4.17. The molecule has 2 aromatic carbocycles. The molecule has 2 aromatic rings. The molecule has 0 N–H and O–H groups in total. The molecule has 148 valence electrons. The summed E-state index contributed by atoms with van der Waals surface area (Å²) in [6.45, 7) is 7.28. The van der Waals surface area contributed by atoms with Crippen molar-refractivity contribution in [3.05, 3.63) is 84.4 Å². The van der Waals surface area contributed by atoms with Crippen LogP contribution in [-0.2, 0) is 22.7 Å². The first-order valence-electron chi connectivity index (χ1n) is 10.3. The monoisotopic (exact) mass is 377 g/mol. The molecule has 1 saturated heterocycles. The lowest BCUT2D eigenvalue weighted by Gasteiger charge is -2.38. The molecule has 0 saturated carbocycles. The number of likely N-dealkylation sites (tertiary alicyclic amines) is 1. The molecule has 0 aromatic heterocycles. The van der Waals surface area contributed by atoms with Crippen molar-refractivity contribution in [2.75, 3.05) is 0 Å². The van der Waals surface area contributed by atoms with Crippen molar-refractivity contribution >= 4 is 5.91 Å². The van der Waals surface area contributed by atoms with Crippen LogP contribution in [0.3, 0.4) is 0 Å². The first-order valence-corrected chi connectivity index (χ1v) is 10.3. The summed E-state index contributed by atoms with van der Waals surface area (Å²) < 4.78 is 6.13. The molecule has 1 aliphatic heterocycles. The molecule has 2 atom stereocenters. The minimum atomic E-state index is -0.388. The van der Waals surface area contributed by atoms with Gasteiger partial charge in [0.15, 0.2) is 0 Å². The largest absolute Gasteiger partial charge is 0.364 e. The second-order valence-corrected chi connectivity index (χ2v) is 7.72. The lowest BCUT2D eigenvalue weighted by Crippen LogP contribution is -2.45. The Hall–Kier alpha value is -2.39. The van der Waals surface area contributed by atoms with Gasteiger partial charge >= 0.3 is 0 Å². The number of rotatable bonds is 10. The SMILES string of the molecule is C=CC[C@]1(CCCC)C[C@H](OCc2ccccc2)C(=O)N1Cc1ccccc1. The third-order valence-electron chi connectivity index (χ3n) is 5.68. The Balaban J connectivity index is 1.81. The van der Waals surface area contributed by atoms with Crippen LogP contribution in [0, 0.1) is 0 Å². The van der Waals surface area contributed by atoms with Crippen LogP contribution in [0.2, 0.25) is 0 Å². The molecule has 3 nitrogen and oxygen atoms in total. The van der Waals surface area contributed by atoms with E-state index in [1.165, 1.54) is 0 Å². The normalized spacial score (nSPS) is 21.8. The highest BCUT2D eigenvalue weighted by atomic mass is 16.5. The summed E-state index contributed by atoms with van der Waals surface area (Å²) in [6, 6.07) is 20.3. The van der Waals surface area contributed by atoms with E-state index in [9.17, 15) is 4.79 Å². The Morgan fingerprint density at radius 3 is 2.36 bits per heavy atom. The highest BCUT2D eigenvalue weighted by Crippen LogP contribution is 2.40. The van der Waals surface area contributed by atoms with Gasteiger partial charge < -0.3 is 9.64 Å². The average molecular weight is 378 g/mol. The predicted molar refractivity (Wildman–Crippen MR) is 114 cm³/mol. The average Bonchev–Trinajstić information content (AvgIpc) is 2.98. The molecule has 0 spiro atoms. The lowest BCUT2D eigenvalue weighted by molar-refractivity contribution is -0.140.